The van der Waals surface area contributed by atoms with E-state index in [0.717, 1.165) is 29.1 Å². The Balaban J connectivity index is 1.60. The number of non-ortho nitro benzene ring substituents is 1. The molecule has 0 radical (unpaired) electrons. The summed E-state index contributed by atoms with van der Waals surface area (Å²) in [5.74, 6) is -0.520. The first-order chi connectivity index (χ1) is 13.8. The molecule has 0 spiro atoms. The van der Waals surface area contributed by atoms with Gasteiger partial charge < -0.3 is 5.32 Å². The molecule has 148 valence electrons. The maximum atomic E-state index is 12.2. The van der Waals surface area contributed by atoms with Crippen LogP contribution < -0.4 is 10.6 Å². The second-order valence-electron chi connectivity index (χ2n) is 6.50. The van der Waals surface area contributed by atoms with Crippen LogP contribution in [0.5, 0.6) is 0 Å². The van der Waals surface area contributed by atoms with Gasteiger partial charge in [-0.2, -0.15) is 5.10 Å². The van der Waals surface area contributed by atoms with Gasteiger partial charge in [-0.3, -0.25) is 25.3 Å². The van der Waals surface area contributed by atoms with Crippen LogP contribution in [0.15, 0.2) is 48.5 Å². The van der Waals surface area contributed by atoms with Gasteiger partial charge in [-0.15, -0.1) is 0 Å². The molecule has 3 aromatic rings. The van der Waals surface area contributed by atoms with E-state index in [1.54, 1.807) is 0 Å². The van der Waals surface area contributed by atoms with E-state index in [4.69, 9.17) is 12.2 Å². The fraction of sp³-hybridized carbons (Fsp3) is 0.150. The molecule has 1 heterocycles. The maximum absolute atomic E-state index is 12.2. The zero-order valence-electron chi connectivity index (χ0n) is 15.9. The summed E-state index contributed by atoms with van der Waals surface area (Å²) in [6.45, 7) is 3.96. The average molecular weight is 409 g/mol. The highest BCUT2D eigenvalue weighted by Crippen LogP contribution is 2.18. The number of amides is 1. The fourth-order valence-electron chi connectivity index (χ4n) is 2.84. The number of hydrogen-bond donors (Lipinski definition) is 3. The number of nitro benzene ring substituents is 1. The molecule has 0 aliphatic heterocycles. The van der Waals surface area contributed by atoms with Crippen LogP contribution in [0.25, 0.3) is 0 Å². The summed E-state index contributed by atoms with van der Waals surface area (Å²) in [4.78, 5) is 22.5. The highest BCUT2D eigenvalue weighted by atomic mass is 32.1. The number of benzene rings is 2. The molecular formula is C20H19N5O3S. The Kier molecular flexibility index (Phi) is 5.99. The van der Waals surface area contributed by atoms with Gasteiger partial charge in [0, 0.05) is 41.1 Å². The third kappa shape index (κ3) is 5.02. The van der Waals surface area contributed by atoms with Crippen LogP contribution in [-0.4, -0.2) is 26.1 Å². The first-order valence-electron chi connectivity index (χ1n) is 8.79. The van der Waals surface area contributed by atoms with Gasteiger partial charge >= 0.3 is 0 Å². The number of nitro groups is 1. The van der Waals surface area contributed by atoms with E-state index >= 15 is 0 Å². The first-order valence-corrected chi connectivity index (χ1v) is 9.20. The van der Waals surface area contributed by atoms with Crippen molar-refractivity contribution >= 4 is 34.6 Å². The SMILES string of the molecule is Cc1n[nH]c(C)c1Cc1ccc(NC(=S)NC(=O)c2cccc([N+](=O)[O-])c2)cc1. The third-order valence-electron chi connectivity index (χ3n) is 4.42. The molecule has 0 unspecified atom stereocenters. The van der Waals surface area contributed by atoms with Crippen molar-refractivity contribution in [2.75, 3.05) is 5.32 Å². The Bertz CT molecular complexity index is 1060. The second-order valence-corrected chi connectivity index (χ2v) is 6.91. The van der Waals surface area contributed by atoms with Gasteiger partial charge in [0.05, 0.1) is 10.6 Å². The molecule has 9 heteroatoms. The number of thiocarbonyl (C=S) groups is 1. The van der Waals surface area contributed by atoms with Crippen molar-refractivity contribution < 1.29 is 9.72 Å². The van der Waals surface area contributed by atoms with Gasteiger partial charge in [-0.1, -0.05) is 18.2 Å². The lowest BCUT2D eigenvalue weighted by Crippen LogP contribution is -2.34. The van der Waals surface area contributed by atoms with Crippen molar-refractivity contribution in [2.45, 2.75) is 20.3 Å². The van der Waals surface area contributed by atoms with Gasteiger partial charge in [-0.25, -0.2) is 0 Å². The van der Waals surface area contributed by atoms with E-state index in [1.165, 1.54) is 29.8 Å². The third-order valence-corrected chi connectivity index (χ3v) is 4.62. The topological polar surface area (TPSA) is 113 Å². The number of anilines is 1. The van der Waals surface area contributed by atoms with Crippen LogP contribution >= 0.6 is 12.2 Å². The van der Waals surface area contributed by atoms with Crippen LogP contribution in [0.4, 0.5) is 11.4 Å². The number of nitrogens with zero attached hydrogens (tertiary/aromatic N) is 2. The molecule has 0 bridgehead atoms. The molecule has 0 fully saturated rings. The summed E-state index contributed by atoms with van der Waals surface area (Å²) < 4.78 is 0. The number of hydrogen-bond acceptors (Lipinski definition) is 5. The molecular weight excluding hydrogens is 390 g/mol. The minimum absolute atomic E-state index is 0.107. The molecule has 3 rings (SSSR count). The molecule has 1 amide bonds. The summed E-state index contributed by atoms with van der Waals surface area (Å²) in [5.41, 5.74) is 5.04. The Morgan fingerprint density at radius 3 is 2.55 bits per heavy atom. The number of aryl methyl sites for hydroxylation is 2. The van der Waals surface area contributed by atoms with Gasteiger partial charge in [-0.05, 0) is 49.8 Å². The van der Waals surface area contributed by atoms with Crippen molar-refractivity contribution in [1.29, 1.82) is 0 Å². The van der Waals surface area contributed by atoms with E-state index in [2.05, 4.69) is 20.8 Å². The highest BCUT2D eigenvalue weighted by Gasteiger charge is 2.13. The van der Waals surface area contributed by atoms with E-state index in [0.29, 0.717) is 0 Å². The van der Waals surface area contributed by atoms with E-state index < -0.39 is 10.8 Å². The van der Waals surface area contributed by atoms with E-state index in [1.807, 2.05) is 38.1 Å². The van der Waals surface area contributed by atoms with Crippen molar-refractivity contribution in [3.63, 3.8) is 0 Å². The molecule has 3 N–H and O–H groups in total. The molecule has 0 atom stereocenters. The second kappa shape index (κ2) is 8.61. The molecule has 0 saturated carbocycles. The van der Waals surface area contributed by atoms with Crippen LogP contribution in [0, 0.1) is 24.0 Å². The summed E-state index contributed by atoms with van der Waals surface area (Å²) >= 11 is 5.17. The van der Waals surface area contributed by atoms with Crippen molar-refractivity contribution in [3.8, 4) is 0 Å². The zero-order valence-corrected chi connectivity index (χ0v) is 16.7. The summed E-state index contributed by atoms with van der Waals surface area (Å²) in [7, 11) is 0. The Labute approximate surface area is 172 Å². The molecule has 0 aliphatic carbocycles. The summed E-state index contributed by atoms with van der Waals surface area (Å²) in [6.07, 6.45) is 0.766. The number of H-pyrrole nitrogens is 1. The van der Waals surface area contributed by atoms with Crippen LogP contribution in [-0.2, 0) is 6.42 Å². The normalized spacial score (nSPS) is 10.4. The van der Waals surface area contributed by atoms with Crippen molar-refractivity contribution in [1.82, 2.24) is 15.5 Å². The van der Waals surface area contributed by atoms with Crippen molar-refractivity contribution in [2.24, 2.45) is 0 Å². The number of aromatic nitrogens is 2. The smallest absolute Gasteiger partial charge is 0.270 e. The van der Waals surface area contributed by atoms with Crippen LogP contribution in [0.3, 0.4) is 0 Å². The predicted octanol–water partition coefficient (Wildman–Crippen LogP) is 3.65. The molecule has 8 nitrogen and oxygen atoms in total. The largest absolute Gasteiger partial charge is 0.332 e. The van der Waals surface area contributed by atoms with Gasteiger partial charge in [0.15, 0.2) is 5.11 Å². The van der Waals surface area contributed by atoms with E-state index in [-0.39, 0.29) is 16.4 Å². The number of rotatable bonds is 5. The standard InChI is InChI=1S/C20H19N5O3S/c1-12-18(13(2)24-23-12)10-14-6-8-16(9-7-14)21-20(29)22-19(26)15-4-3-5-17(11-15)25(27)28/h3-9,11H,10H2,1-2H3,(H,23,24)(H2,21,22,26,29). The minimum atomic E-state index is -0.554. The maximum Gasteiger partial charge on any atom is 0.270 e. The molecule has 0 aliphatic rings. The molecule has 29 heavy (non-hydrogen) atoms. The monoisotopic (exact) mass is 409 g/mol. The zero-order chi connectivity index (χ0) is 21.0. The number of aromatic amines is 1. The lowest BCUT2D eigenvalue weighted by atomic mass is 10.0. The number of carbonyl (C=O) groups is 1. The molecule has 1 aromatic heterocycles. The van der Waals surface area contributed by atoms with Gasteiger partial charge in [0.1, 0.15) is 0 Å². The highest BCUT2D eigenvalue weighted by molar-refractivity contribution is 7.80. The van der Waals surface area contributed by atoms with Gasteiger partial charge in [0.2, 0.25) is 0 Å². The van der Waals surface area contributed by atoms with Crippen LogP contribution in [0.2, 0.25) is 0 Å². The van der Waals surface area contributed by atoms with Gasteiger partial charge in [0.25, 0.3) is 11.6 Å². The Morgan fingerprint density at radius 1 is 1.21 bits per heavy atom. The van der Waals surface area contributed by atoms with E-state index in [9.17, 15) is 14.9 Å². The summed E-state index contributed by atoms with van der Waals surface area (Å²) in [6, 6.07) is 13.1. The quantitative estimate of drug-likeness (QED) is 0.337. The Hall–Kier alpha value is -3.59. The molecule has 2 aromatic carbocycles. The number of nitrogens with one attached hydrogen (secondary N) is 3. The fourth-order valence-corrected chi connectivity index (χ4v) is 3.05. The van der Waals surface area contributed by atoms with Crippen molar-refractivity contribution in [3.05, 3.63) is 86.7 Å². The molecule has 0 saturated heterocycles. The predicted molar refractivity (Wildman–Crippen MR) is 114 cm³/mol. The summed E-state index contributed by atoms with van der Waals surface area (Å²) in [5, 5.41) is 23.6. The first kappa shape index (κ1) is 20.2. The minimum Gasteiger partial charge on any atom is -0.332 e. The lowest BCUT2D eigenvalue weighted by Gasteiger charge is -2.10. The number of carbonyl (C=O) groups excluding carboxylic acids is 1. The average Bonchev–Trinajstić information content (AvgIpc) is 3.01. The van der Waals surface area contributed by atoms with Crippen LogP contribution in [0.1, 0.15) is 32.9 Å². The Morgan fingerprint density at radius 2 is 1.93 bits per heavy atom. The lowest BCUT2D eigenvalue weighted by molar-refractivity contribution is -0.384.